The van der Waals surface area contributed by atoms with Crippen molar-refractivity contribution in [2.45, 2.75) is 83.7 Å². The number of carbonyl (C=O) groups is 1. The lowest BCUT2D eigenvalue weighted by molar-refractivity contribution is -0.170. The van der Waals surface area contributed by atoms with Gasteiger partial charge in [0.15, 0.2) is 0 Å². The van der Waals surface area contributed by atoms with Crippen molar-refractivity contribution in [3.8, 4) is 0 Å². The van der Waals surface area contributed by atoms with Gasteiger partial charge in [-0.25, -0.2) is 0 Å². The van der Waals surface area contributed by atoms with Gasteiger partial charge >= 0.3 is 5.97 Å². The van der Waals surface area contributed by atoms with Crippen LogP contribution in [0.1, 0.15) is 78.1 Å². The summed E-state index contributed by atoms with van der Waals surface area (Å²) in [7, 11) is 0. The van der Waals surface area contributed by atoms with Gasteiger partial charge in [-0.2, -0.15) is 0 Å². The summed E-state index contributed by atoms with van der Waals surface area (Å²) >= 11 is 0. The Balaban J connectivity index is 1.70. The molecule has 0 amide bonds. The van der Waals surface area contributed by atoms with Crippen LogP contribution in [-0.4, -0.2) is 11.6 Å². The first-order chi connectivity index (χ1) is 9.61. The van der Waals surface area contributed by atoms with Crippen molar-refractivity contribution in [2.75, 3.05) is 0 Å². The van der Waals surface area contributed by atoms with Gasteiger partial charge in [0.2, 0.25) is 0 Å². The van der Waals surface area contributed by atoms with Gasteiger partial charge in [-0.05, 0) is 43.4 Å². The first-order valence-corrected chi connectivity index (χ1v) is 8.83. The zero-order valence-electron chi connectivity index (χ0n) is 13.2. The number of ether oxygens (including phenoxy) is 1. The maximum Gasteiger partial charge on any atom is 0.309 e. The quantitative estimate of drug-likeness (QED) is 0.699. The molecule has 0 aliphatic heterocycles. The molecule has 2 nitrogen and oxygen atoms in total. The van der Waals surface area contributed by atoms with E-state index in [1.807, 2.05) is 0 Å². The van der Waals surface area contributed by atoms with Crippen molar-refractivity contribution in [1.82, 2.24) is 0 Å². The summed E-state index contributed by atoms with van der Waals surface area (Å²) in [6.45, 7) is 4.50. The summed E-state index contributed by atoms with van der Waals surface area (Å²) in [5.41, 5.74) is -0.140. The molecule has 0 heterocycles. The third-order valence-electron chi connectivity index (χ3n) is 6.33. The van der Waals surface area contributed by atoms with Crippen molar-refractivity contribution in [2.24, 2.45) is 23.7 Å². The van der Waals surface area contributed by atoms with Crippen LogP contribution in [0.3, 0.4) is 0 Å². The lowest BCUT2D eigenvalue weighted by atomic mass is 9.82. The minimum absolute atomic E-state index is 0.120. The van der Waals surface area contributed by atoms with Crippen molar-refractivity contribution in [1.29, 1.82) is 0 Å². The van der Waals surface area contributed by atoms with E-state index in [1.165, 1.54) is 38.5 Å². The molecule has 0 aromatic heterocycles. The van der Waals surface area contributed by atoms with E-state index < -0.39 is 0 Å². The van der Waals surface area contributed by atoms with Gasteiger partial charge in [0.25, 0.3) is 0 Å². The second kappa shape index (κ2) is 5.69. The van der Waals surface area contributed by atoms with Crippen LogP contribution in [0.5, 0.6) is 0 Å². The molecule has 0 bridgehead atoms. The Bertz CT molecular complexity index is 340. The lowest BCUT2D eigenvalue weighted by Crippen LogP contribution is -2.39. The fraction of sp³-hybridized carbons (Fsp3) is 0.944. The summed E-state index contributed by atoms with van der Waals surface area (Å²) < 4.78 is 6.20. The first-order valence-electron chi connectivity index (χ1n) is 8.83. The Labute approximate surface area is 123 Å². The molecule has 0 saturated heterocycles. The number of carbonyl (C=O) groups excluding carboxylic acids is 1. The third kappa shape index (κ3) is 2.63. The van der Waals surface area contributed by atoms with E-state index in [0.717, 1.165) is 37.5 Å². The highest BCUT2D eigenvalue weighted by Gasteiger charge is 2.50. The Hall–Kier alpha value is -0.530. The smallest absolute Gasteiger partial charge is 0.309 e. The topological polar surface area (TPSA) is 26.3 Å². The minimum atomic E-state index is -0.140. The lowest BCUT2D eigenvalue weighted by Gasteiger charge is -2.34. The van der Waals surface area contributed by atoms with E-state index in [4.69, 9.17) is 4.74 Å². The Kier molecular flexibility index (Phi) is 4.10. The Morgan fingerprint density at radius 3 is 1.95 bits per heavy atom. The van der Waals surface area contributed by atoms with Crippen LogP contribution in [-0.2, 0) is 9.53 Å². The molecule has 0 radical (unpaired) electrons. The molecule has 114 valence electrons. The molecule has 0 aromatic carbocycles. The van der Waals surface area contributed by atoms with Gasteiger partial charge in [0.1, 0.15) is 5.60 Å². The zero-order valence-corrected chi connectivity index (χ0v) is 13.2. The van der Waals surface area contributed by atoms with Gasteiger partial charge in [0, 0.05) is 0 Å². The Morgan fingerprint density at radius 1 is 0.950 bits per heavy atom. The predicted octanol–water partition coefficient (Wildman–Crippen LogP) is 4.71. The first kappa shape index (κ1) is 14.4. The average Bonchev–Trinajstić information content (AvgIpc) is 3.06. The predicted molar refractivity (Wildman–Crippen MR) is 80.3 cm³/mol. The van der Waals surface area contributed by atoms with Gasteiger partial charge in [-0.15, -0.1) is 0 Å². The molecule has 3 saturated carbocycles. The second-order valence-electron chi connectivity index (χ2n) is 7.83. The van der Waals surface area contributed by atoms with E-state index >= 15 is 0 Å². The molecule has 3 fully saturated rings. The van der Waals surface area contributed by atoms with Gasteiger partial charge in [0.05, 0.1) is 5.92 Å². The van der Waals surface area contributed by atoms with Gasteiger partial charge in [-0.1, -0.05) is 52.4 Å². The van der Waals surface area contributed by atoms with Crippen molar-refractivity contribution in [3.63, 3.8) is 0 Å². The molecule has 20 heavy (non-hydrogen) atoms. The summed E-state index contributed by atoms with van der Waals surface area (Å²) in [5.74, 6) is 2.42. The van der Waals surface area contributed by atoms with Gasteiger partial charge < -0.3 is 4.74 Å². The SMILES string of the molecule is CC(C)C1(OC(=O)C2CCCC2)CC2CCCCC2C1. The van der Waals surface area contributed by atoms with E-state index in [1.54, 1.807) is 0 Å². The molecular weight excluding hydrogens is 248 g/mol. The fourth-order valence-corrected chi connectivity index (χ4v) is 4.91. The molecule has 2 unspecified atom stereocenters. The second-order valence-corrected chi connectivity index (χ2v) is 7.83. The maximum absolute atomic E-state index is 12.5. The van der Waals surface area contributed by atoms with Crippen LogP contribution in [0.15, 0.2) is 0 Å². The Morgan fingerprint density at radius 2 is 1.45 bits per heavy atom. The highest BCUT2D eigenvalue weighted by Crippen LogP contribution is 2.52. The number of hydrogen-bond acceptors (Lipinski definition) is 2. The molecule has 3 aliphatic rings. The van der Waals surface area contributed by atoms with Crippen LogP contribution in [0, 0.1) is 23.7 Å². The molecule has 2 atom stereocenters. The summed E-state index contributed by atoms with van der Waals surface area (Å²) in [6, 6.07) is 0. The monoisotopic (exact) mass is 278 g/mol. The standard InChI is InChI=1S/C18H30O2/c1-13(2)18(20-17(19)14-7-3-4-8-14)11-15-9-5-6-10-16(15)12-18/h13-16H,3-12H2,1-2H3. The molecule has 3 rings (SSSR count). The molecule has 3 aliphatic carbocycles. The van der Waals surface area contributed by atoms with Crippen LogP contribution < -0.4 is 0 Å². The minimum Gasteiger partial charge on any atom is -0.459 e. The van der Waals surface area contributed by atoms with Gasteiger partial charge in [-0.3, -0.25) is 4.79 Å². The van der Waals surface area contributed by atoms with E-state index in [2.05, 4.69) is 13.8 Å². The van der Waals surface area contributed by atoms with Crippen LogP contribution in [0.2, 0.25) is 0 Å². The molecule has 0 spiro atoms. The van der Waals surface area contributed by atoms with E-state index in [9.17, 15) is 4.79 Å². The van der Waals surface area contributed by atoms with Crippen molar-refractivity contribution >= 4 is 5.97 Å². The van der Waals surface area contributed by atoms with Crippen LogP contribution in [0.25, 0.3) is 0 Å². The summed E-state index contributed by atoms with van der Waals surface area (Å²) in [5, 5.41) is 0. The summed E-state index contributed by atoms with van der Waals surface area (Å²) in [4.78, 5) is 12.5. The molecule has 0 N–H and O–H groups in total. The van der Waals surface area contributed by atoms with Crippen LogP contribution >= 0.6 is 0 Å². The normalized spacial score (nSPS) is 38.1. The average molecular weight is 278 g/mol. The van der Waals surface area contributed by atoms with Crippen molar-refractivity contribution < 1.29 is 9.53 Å². The number of fused-ring (bicyclic) bond motifs is 1. The molecular formula is C18H30O2. The van der Waals surface area contributed by atoms with E-state index in [-0.39, 0.29) is 17.5 Å². The van der Waals surface area contributed by atoms with E-state index in [0.29, 0.717) is 5.92 Å². The highest BCUT2D eigenvalue weighted by atomic mass is 16.6. The van der Waals surface area contributed by atoms with Crippen molar-refractivity contribution in [3.05, 3.63) is 0 Å². The fourth-order valence-electron chi connectivity index (χ4n) is 4.91. The number of rotatable bonds is 3. The maximum atomic E-state index is 12.5. The largest absolute Gasteiger partial charge is 0.459 e. The third-order valence-corrected chi connectivity index (χ3v) is 6.33. The molecule has 0 aromatic rings. The zero-order chi connectivity index (χ0) is 14.2. The summed E-state index contributed by atoms with van der Waals surface area (Å²) in [6.07, 6.45) is 12.3. The number of hydrogen-bond donors (Lipinski definition) is 0. The van der Waals surface area contributed by atoms with Crippen LogP contribution in [0.4, 0.5) is 0 Å². The molecule has 2 heteroatoms. The highest BCUT2D eigenvalue weighted by molar-refractivity contribution is 5.73. The number of esters is 1.